The van der Waals surface area contributed by atoms with E-state index in [0.717, 1.165) is 25.1 Å². The van der Waals surface area contributed by atoms with Gasteiger partial charge in [0.1, 0.15) is 0 Å². The molecule has 1 heterocycles. The lowest BCUT2D eigenvalue weighted by Gasteiger charge is -2.07. The van der Waals surface area contributed by atoms with Crippen LogP contribution in [0.5, 0.6) is 0 Å². The van der Waals surface area contributed by atoms with Gasteiger partial charge in [0.05, 0.1) is 12.9 Å². The first-order valence-electron chi connectivity index (χ1n) is 6.86. The Hall–Kier alpha value is -2.30. The molecule has 0 aliphatic rings. The zero-order valence-corrected chi connectivity index (χ0v) is 11.5. The molecule has 0 atom stereocenters. The first kappa shape index (κ1) is 14.1. The second-order valence-corrected chi connectivity index (χ2v) is 4.58. The molecule has 1 aromatic heterocycles. The average Bonchev–Trinajstić information content (AvgIpc) is 2.99. The minimum Gasteiger partial charge on any atom is -0.376 e. The maximum absolute atomic E-state index is 11.6. The third kappa shape index (κ3) is 5.14. The molecule has 0 bridgehead atoms. The summed E-state index contributed by atoms with van der Waals surface area (Å²) in [6, 6.07) is 9.72. The van der Waals surface area contributed by atoms with E-state index in [-0.39, 0.29) is 5.91 Å². The van der Waals surface area contributed by atoms with Gasteiger partial charge < -0.3 is 15.2 Å². The van der Waals surface area contributed by atoms with Crippen molar-refractivity contribution in [2.45, 2.75) is 19.4 Å². The quantitative estimate of drug-likeness (QED) is 0.721. The van der Waals surface area contributed by atoms with Crippen LogP contribution in [0.1, 0.15) is 12.8 Å². The molecule has 0 unspecified atom stereocenters. The Kier molecular flexibility index (Phi) is 5.64. The van der Waals surface area contributed by atoms with E-state index in [9.17, 15) is 4.79 Å². The highest BCUT2D eigenvalue weighted by molar-refractivity contribution is 5.80. The Balaban J connectivity index is 1.52. The number of aryl methyl sites for hydroxylation is 1. The Bertz CT molecular complexity index is 496. The van der Waals surface area contributed by atoms with Crippen LogP contribution in [0.2, 0.25) is 0 Å². The van der Waals surface area contributed by atoms with Gasteiger partial charge in [0.2, 0.25) is 5.91 Å². The molecule has 2 aromatic rings. The van der Waals surface area contributed by atoms with Gasteiger partial charge in [-0.1, -0.05) is 18.2 Å². The second-order valence-electron chi connectivity index (χ2n) is 4.58. The van der Waals surface area contributed by atoms with Gasteiger partial charge in [0, 0.05) is 31.2 Å². The molecule has 5 nitrogen and oxygen atoms in total. The summed E-state index contributed by atoms with van der Waals surface area (Å²) >= 11 is 0. The van der Waals surface area contributed by atoms with Gasteiger partial charge in [-0.05, 0) is 25.0 Å². The van der Waals surface area contributed by atoms with Crippen LogP contribution in [0.3, 0.4) is 0 Å². The third-order valence-corrected chi connectivity index (χ3v) is 2.95. The summed E-state index contributed by atoms with van der Waals surface area (Å²) in [7, 11) is 0. The first-order valence-corrected chi connectivity index (χ1v) is 6.86. The molecule has 106 valence electrons. The van der Waals surface area contributed by atoms with E-state index in [1.54, 1.807) is 6.20 Å². The molecule has 2 rings (SSSR count). The number of hydrogen-bond donors (Lipinski definition) is 2. The van der Waals surface area contributed by atoms with Crippen molar-refractivity contribution in [2.75, 3.05) is 18.4 Å². The molecule has 20 heavy (non-hydrogen) atoms. The predicted molar refractivity (Wildman–Crippen MR) is 79.4 cm³/mol. The number of rotatable bonds is 8. The zero-order valence-electron chi connectivity index (χ0n) is 11.5. The molecule has 5 heteroatoms. The minimum atomic E-state index is 0.0245. The van der Waals surface area contributed by atoms with E-state index >= 15 is 0 Å². The number of hydrogen-bond acceptors (Lipinski definition) is 3. The molecule has 2 N–H and O–H groups in total. The lowest BCUT2D eigenvalue weighted by atomic mass is 10.3. The summed E-state index contributed by atoms with van der Waals surface area (Å²) in [6.07, 6.45) is 7.53. The van der Waals surface area contributed by atoms with E-state index in [1.165, 1.54) is 0 Å². The highest BCUT2D eigenvalue weighted by atomic mass is 16.1. The predicted octanol–water partition coefficient (Wildman–Crippen LogP) is 1.89. The van der Waals surface area contributed by atoms with Crippen LogP contribution in [-0.4, -0.2) is 28.5 Å². The molecule has 0 aliphatic heterocycles. The molecule has 0 aliphatic carbocycles. The third-order valence-electron chi connectivity index (χ3n) is 2.95. The fraction of sp³-hybridized carbons (Fsp3) is 0.333. The van der Waals surface area contributed by atoms with Crippen LogP contribution in [-0.2, 0) is 11.3 Å². The van der Waals surface area contributed by atoms with Crippen molar-refractivity contribution in [3.8, 4) is 0 Å². The average molecular weight is 272 g/mol. The van der Waals surface area contributed by atoms with Crippen LogP contribution in [0.25, 0.3) is 0 Å². The van der Waals surface area contributed by atoms with E-state index < -0.39 is 0 Å². The number of carbonyl (C=O) groups excluding carboxylic acids is 1. The molecular weight excluding hydrogens is 252 g/mol. The smallest absolute Gasteiger partial charge is 0.239 e. The van der Waals surface area contributed by atoms with Crippen molar-refractivity contribution < 1.29 is 4.79 Å². The standard InChI is InChI=1S/C15H20N4O/c20-15(12-18-14-6-2-1-3-7-14)17-8-4-5-10-19-11-9-16-13-19/h1-3,6-7,9,11,13,18H,4-5,8,10,12H2,(H,17,20). The van der Waals surface area contributed by atoms with Crippen molar-refractivity contribution in [1.82, 2.24) is 14.9 Å². The van der Waals surface area contributed by atoms with Gasteiger partial charge in [-0.25, -0.2) is 4.98 Å². The van der Waals surface area contributed by atoms with E-state index in [1.807, 2.05) is 47.4 Å². The SMILES string of the molecule is O=C(CNc1ccccc1)NCCCCn1ccnc1. The van der Waals surface area contributed by atoms with Gasteiger partial charge in [0.25, 0.3) is 0 Å². The Morgan fingerprint density at radius 1 is 1.20 bits per heavy atom. The topological polar surface area (TPSA) is 59.0 Å². The van der Waals surface area contributed by atoms with Crippen LogP contribution in [0.4, 0.5) is 5.69 Å². The van der Waals surface area contributed by atoms with Crippen molar-refractivity contribution in [3.05, 3.63) is 49.1 Å². The van der Waals surface area contributed by atoms with Crippen molar-refractivity contribution in [3.63, 3.8) is 0 Å². The Morgan fingerprint density at radius 3 is 2.80 bits per heavy atom. The molecular formula is C15H20N4O. The number of anilines is 1. The largest absolute Gasteiger partial charge is 0.376 e. The number of benzene rings is 1. The fourth-order valence-corrected chi connectivity index (χ4v) is 1.87. The fourth-order valence-electron chi connectivity index (χ4n) is 1.87. The monoisotopic (exact) mass is 272 g/mol. The molecule has 0 fully saturated rings. The number of imidazole rings is 1. The summed E-state index contributed by atoms with van der Waals surface area (Å²) in [4.78, 5) is 15.6. The van der Waals surface area contributed by atoms with Gasteiger partial charge in [0.15, 0.2) is 0 Å². The Morgan fingerprint density at radius 2 is 2.05 bits per heavy atom. The number of amides is 1. The molecule has 0 saturated heterocycles. The molecule has 0 saturated carbocycles. The highest BCUT2D eigenvalue weighted by Gasteiger charge is 2.00. The van der Waals surface area contributed by atoms with Crippen molar-refractivity contribution in [1.29, 1.82) is 0 Å². The Labute approximate surface area is 119 Å². The van der Waals surface area contributed by atoms with Crippen LogP contribution in [0, 0.1) is 0 Å². The maximum Gasteiger partial charge on any atom is 0.239 e. The number of para-hydroxylation sites is 1. The molecule has 1 aromatic carbocycles. The lowest BCUT2D eigenvalue weighted by Crippen LogP contribution is -2.30. The number of unbranched alkanes of at least 4 members (excludes halogenated alkanes) is 1. The van der Waals surface area contributed by atoms with E-state index in [0.29, 0.717) is 13.1 Å². The van der Waals surface area contributed by atoms with Gasteiger partial charge in [-0.2, -0.15) is 0 Å². The summed E-state index contributed by atoms with van der Waals surface area (Å²) < 4.78 is 2.04. The normalized spacial score (nSPS) is 10.2. The summed E-state index contributed by atoms with van der Waals surface area (Å²) in [5.74, 6) is 0.0245. The number of nitrogens with zero attached hydrogens (tertiary/aromatic N) is 2. The molecule has 1 amide bonds. The van der Waals surface area contributed by atoms with Gasteiger partial charge in [-0.3, -0.25) is 4.79 Å². The van der Waals surface area contributed by atoms with Crippen LogP contribution < -0.4 is 10.6 Å². The number of nitrogens with one attached hydrogen (secondary N) is 2. The minimum absolute atomic E-state index is 0.0245. The summed E-state index contributed by atoms with van der Waals surface area (Å²) in [6.45, 7) is 1.97. The number of carbonyl (C=O) groups is 1. The number of aromatic nitrogens is 2. The van der Waals surface area contributed by atoms with Crippen LogP contribution >= 0.6 is 0 Å². The summed E-state index contributed by atoms with van der Waals surface area (Å²) in [5.41, 5.74) is 0.961. The zero-order chi connectivity index (χ0) is 14.0. The lowest BCUT2D eigenvalue weighted by molar-refractivity contribution is -0.119. The van der Waals surface area contributed by atoms with E-state index in [2.05, 4.69) is 15.6 Å². The molecule has 0 radical (unpaired) electrons. The van der Waals surface area contributed by atoms with Gasteiger partial charge in [-0.15, -0.1) is 0 Å². The van der Waals surface area contributed by atoms with Crippen molar-refractivity contribution >= 4 is 11.6 Å². The van der Waals surface area contributed by atoms with Crippen LogP contribution in [0.15, 0.2) is 49.1 Å². The highest BCUT2D eigenvalue weighted by Crippen LogP contribution is 2.03. The van der Waals surface area contributed by atoms with Crippen molar-refractivity contribution in [2.24, 2.45) is 0 Å². The van der Waals surface area contributed by atoms with Gasteiger partial charge >= 0.3 is 0 Å². The van der Waals surface area contributed by atoms with E-state index in [4.69, 9.17) is 0 Å². The maximum atomic E-state index is 11.6. The molecule has 0 spiro atoms. The second kappa shape index (κ2) is 7.99. The first-order chi connectivity index (χ1) is 9.84. The summed E-state index contributed by atoms with van der Waals surface area (Å²) in [5, 5.41) is 5.99.